The predicted octanol–water partition coefficient (Wildman–Crippen LogP) is 1.22. The predicted molar refractivity (Wildman–Crippen MR) is 91.4 cm³/mol. The second-order valence-corrected chi connectivity index (χ2v) is 8.94. The lowest BCUT2D eigenvalue weighted by Gasteiger charge is -2.24. The van der Waals surface area contributed by atoms with E-state index in [4.69, 9.17) is 4.52 Å². The molecular formula is C16H21N5O3S. The van der Waals surface area contributed by atoms with Crippen LogP contribution in [0.15, 0.2) is 23.0 Å². The van der Waals surface area contributed by atoms with Gasteiger partial charge < -0.3 is 4.52 Å². The van der Waals surface area contributed by atoms with E-state index in [9.17, 15) is 8.42 Å². The first-order valence-corrected chi connectivity index (χ1v) is 10.3. The van der Waals surface area contributed by atoms with Crippen LogP contribution >= 0.6 is 0 Å². The maximum absolute atomic E-state index is 11.6. The van der Waals surface area contributed by atoms with Crippen LogP contribution < -0.4 is 0 Å². The van der Waals surface area contributed by atoms with E-state index in [1.54, 1.807) is 0 Å². The maximum Gasteiger partial charge on any atom is 0.240 e. The Kier molecular flexibility index (Phi) is 4.20. The molecule has 25 heavy (non-hydrogen) atoms. The van der Waals surface area contributed by atoms with E-state index in [0.29, 0.717) is 24.7 Å². The molecule has 8 nitrogen and oxygen atoms in total. The molecule has 4 heterocycles. The van der Waals surface area contributed by atoms with Crippen LogP contribution in [0.2, 0.25) is 0 Å². The van der Waals surface area contributed by atoms with Gasteiger partial charge in [-0.25, -0.2) is 8.42 Å². The number of aryl methyl sites for hydroxylation is 1. The summed E-state index contributed by atoms with van der Waals surface area (Å²) in [6.45, 7) is 4.20. The van der Waals surface area contributed by atoms with Crippen LogP contribution in [0, 0.1) is 6.92 Å². The zero-order valence-corrected chi connectivity index (χ0v) is 14.9. The quantitative estimate of drug-likeness (QED) is 0.806. The van der Waals surface area contributed by atoms with Crippen LogP contribution in [-0.2, 0) is 16.4 Å². The third-order valence-electron chi connectivity index (χ3n) is 4.78. The largest absolute Gasteiger partial charge is 0.338 e. The van der Waals surface area contributed by atoms with Crippen molar-refractivity contribution in [3.05, 3.63) is 35.7 Å². The van der Waals surface area contributed by atoms with Crippen molar-refractivity contribution in [2.75, 3.05) is 24.6 Å². The van der Waals surface area contributed by atoms with Crippen molar-refractivity contribution < 1.29 is 12.9 Å². The molecule has 0 saturated carbocycles. The van der Waals surface area contributed by atoms with E-state index in [1.165, 1.54) is 5.57 Å². The summed E-state index contributed by atoms with van der Waals surface area (Å²) in [4.78, 5) is 6.49. The molecule has 134 valence electrons. The number of nitrogens with zero attached hydrogens (tertiary/aromatic N) is 5. The van der Waals surface area contributed by atoms with E-state index in [2.05, 4.69) is 26.2 Å². The van der Waals surface area contributed by atoms with Crippen molar-refractivity contribution in [1.82, 2.24) is 24.8 Å². The van der Waals surface area contributed by atoms with Gasteiger partial charge in [0, 0.05) is 24.8 Å². The minimum absolute atomic E-state index is 0.0276. The normalized spacial score (nSPS) is 23.7. The molecule has 1 atom stereocenters. The van der Waals surface area contributed by atoms with E-state index in [-0.39, 0.29) is 17.5 Å². The number of hydrogen-bond donors (Lipinski definition) is 0. The molecule has 0 N–H and O–H groups in total. The highest BCUT2D eigenvalue weighted by Gasteiger charge is 2.29. The van der Waals surface area contributed by atoms with Crippen molar-refractivity contribution in [1.29, 1.82) is 0 Å². The molecule has 2 aromatic heterocycles. The van der Waals surface area contributed by atoms with Crippen LogP contribution in [-0.4, -0.2) is 57.8 Å². The van der Waals surface area contributed by atoms with E-state index in [1.807, 2.05) is 24.0 Å². The van der Waals surface area contributed by atoms with Gasteiger partial charge in [0.05, 0.1) is 30.3 Å². The highest BCUT2D eigenvalue weighted by atomic mass is 32.2. The standard InChI is InChI=1S/C16H21N5O3S/c1-12-18-16(24-19-12)10-20-5-2-13(3-6-20)14-8-17-21(9-14)15-4-7-25(22,23)11-15/h2,8-9,15H,3-7,10-11H2,1H3. The summed E-state index contributed by atoms with van der Waals surface area (Å²) in [5, 5.41) is 8.21. The summed E-state index contributed by atoms with van der Waals surface area (Å²) in [7, 11) is -2.90. The lowest BCUT2D eigenvalue weighted by atomic mass is 10.0. The highest BCUT2D eigenvalue weighted by Crippen LogP contribution is 2.27. The van der Waals surface area contributed by atoms with Crippen molar-refractivity contribution in [3.63, 3.8) is 0 Å². The van der Waals surface area contributed by atoms with E-state index >= 15 is 0 Å². The molecule has 9 heteroatoms. The smallest absolute Gasteiger partial charge is 0.240 e. The minimum Gasteiger partial charge on any atom is -0.338 e. The molecule has 0 aliphatic carbocycles. The number of aromatic nitrogens is 4. The zero-order chi connectivity index (χ0) is 17.4. The fraction of sp³-hybridized carbons (Fsp3) is 0.562. The van der Waals surface area contributed by atoms with Crippen molar-refractivity contribution >= 4 is 15.4 Å². The Bertz CT molecular complexity index is 899. The molecule has 0 amide bonds. The number of hydrogen-bond acceptors (Lipinski definition) is 7. The topological polar surface area (TPSA) is 94.1 Å². The Morgan fingerprint density at radius 3 is 2.92 bits per heavy atom. The van der Waals surface area contributed by atoms with Gasteiger partial charge in [0.2, 0.25) is 5.89 Å². The monoisotopic (exact) mass is 363 g/mol. The van der Waals surface area contributed by atoms with Gasteiger partial charge in [-0.05, 0) is 25.3 Å². The first-order valence-electron chi connectivity index (χ1n) is 8.44. The summed E-state index contributed by atoms with van der Waals surface area (Å²) in [6.07, 6.45) is 7.59. The van der Waals surface area contributed by atoms with Gasteiger partial charge in [-0.15, -0.1) is 0 Å². The van der Waals surface area contributed by atoms with Gasteiger partial charge in [-0.3, -0.25) is 9.58 Å². The van der Waals surface area contributed by atoms with Crippen LogP contribution in [0.3, 0.4) is 0 Å². The molecule has 1 fully saturated rings. The molecule has 4 rings (SSSR count). The average molecular weight is 363 g/mol. The first-order chi connectivity index (χ1) is 12.0. The van der Waals surface area contributed by atoms with Crippen molar-refractivity contribution in [2.24, 2.45) is 0 Å². The van der Waals surface area contributed by atoms with Gasteiger partial charge in [0.15, 0.2) is 15.7 Å². The second-order valence-electron chi connectivity index (χ2n) is 6.72. The molecule has 0 radical (unpaired) electrons. The van der Waals surface area contributed by atoms with Crippen molar-refractivity contribution in [3.8, 4) is 0 Å². The lowest BCUT2D eigenvalue weighted by molar-refractivity contribution is 0.245. The van der Waals surface area contributed by atoms with Gasteiger partial charge in [0.25, 0.3) is 0 Å². The van der Waals surface area contributed by atoms with Gasteiger partial charge in [-0.2, -0.15) is 10.1 Å². The minimum atomic E-state index is -2.90. The third-order valence-corrected chi connectivity index (χ3v) is 6.53. The average Bonchev–Trinajstić information content (AvgIpc) is 3.28. The third kappa shape index (κ3) is 3.67. The summed E-state index contributed by atoms with van der Waals surface area (Å²) < 4.78 is 30.3. The Morgan fingerprint density at radius 1 is 1.40 bits per heavy atom. The molecule has 1 saturated heterocycles. The van der Waals surface area contributed by atoms with E-state index in [0.717, 1.165) is 25.1 Å². The highest BCUT2D eigenvalue weighted by molar-refractivity contribution is 7.91. The summed E-state index contributed by atoms with van der Waals surface area (Å²) in [5.41, 5.74) is 2.34. The Hall–Kier alpha value is -2.00. The molecule has 0 aromatic carbocycles. The van der Waals surface area contributed by atoms with Crippen LogP contribution in [0.5, 0.6) is 0 Å². The first kappa shape index (κ1) is 16.5. The summed E-state index contributed by atoms with van der Waals surface area (Å²) >= 11 is 0. The molecular weight excluding hydrogens is 342 g/mol. The number of rotatable bonds is 4. The summed E-state index contributed by atoms with van der Waals surface area (Å²) in [5.74, 6) is 1.76. The fourth-order valence-corrected chi connectivity index (χ4v) is 5.10. The maximum atomic E-state index is 11.6. The summed E-state index contributed by atoms with van der Waals surface area (Å²) in [6, 6.07) is -0.0276. The molecule has 0 bridgehead atoms. The van der Waals surface area contributed by atoms with E-state index < -0.39 is 9.84 Å². The number of sulfone groups is 1. The van der Waals surface area contributed by atoms with Crippen LogP contribution in [0.4, 0.5) is 0 Å². The Balaban J connectivity index is 1.40. The fourth-order valence-electron chi connectivity index (χ4n) is 3.40. The van der Waals surface area contributed by atoms with Crippen LogP contribution in [0.1, 0.15) is 36.2 Å². The van der Waals surface area contributed by atoms with Gasteiger partial charge >= 0.3 is 0 Å². The lowest BCUT2D eigenvalue weighted by Crippen LogP contribution is -2.28. The Morgan fingerprint density at radius 2 is 2.28 bits per heavy atom. The Labute approximate surface area is 146 Å². The zero-order valence-electron chi connectivity index (χ0n) is 14.1. The molecule has 2 aliphatic rings. The second kappa shape index (κ2) is 6.38. The SMILES string of the molecule is Cc1noc(CN2CC=C(c3cnn(C4CCS(=O)(=O)C4)c3)CC2)n1. The molecule has 2 aliphatic heterocycles. The van der Waals surface area contributed by atoms with Crippen molar-refractivity contribution in [2.45, 2.75) is 32.4 Å². The van der Waals surface area contributed by atoms with Gasteiger partial charge in [0.1, 0.15) is 0 Å². The molecule has 0 spiro atoms. The van der Waals surface area contributed by atoms with Crippen LogP contribution in [0.25, 0.3) is 5.57 Å². The molecule has 1 unspecified atom stereocenters. The van der Waals surface area contributed by atoms with Gasteiger partial charge in [-0.1, -0.05) is 11.2 Å². The molecule has 2 aromatic rings.